The smallest absolute Gasteiger partial charge is 0.142 e. The van der Waals surface area contributed by atoms with Crippen molar-refractivity contribution in [1.82, 2.24) is 0 Å². The summed E-state index contributed by atoms with van der Waals surface area (Å²) >= 11 is 0. The van der Waals surface area contributed by atoms with Gasteiger partial charge in [-0.15, -0.1) is 0 Å². The second-order valence-corrected chi connectivity index (χ2v) is 3.24. The minimum atomic E-state index is 0.538. The van der Waals surface area contributed by atoms with Gasteiger partial charge >= 0.3 is 0 Å². The van der Waals surface area contributed by atoms with Crippen molar-refractivity contribution < 1.29 is 4.74 Å². The van der Waals surface area contributed by atoms with Gasteiger partial charge in [-0.05, 0) is 25.0 Å². The predicted octanol–water partition coefficient (Wildman–Crippen LogP) is 2.05. The number of anilines is 1. The average Bonchev–Trinajstić information content (AvgIpc) is 2.44. The van der Waals surface area contributed by atoms with Crippen molar-refractivity contribution in [3.05, 3.63) is 23.8 Å². The first kappa shape index (κ1) is 7.47. The summed E-state index contributed by atoms with van der Waals surface area (Å²) in [5, 5.41) is 3.39. The summed E-state index contributed by atoms with van der Waals surface area (Å²) in [6.07, 6.45) is 1.10. The van der Waals surface area contributed by atoms with E-state index >= 15 is 0 Å². The lowest BCUT2D eigenvalue weighted by molar-refractivity contribution is 0.416. The van der Waals surface area contributed by atoms with Gasteiger partial charge in [0.2, 0.25) is 0 Å². The number of hydrogen-bond acceptors (Lipinski definition) is 2. The van der Waals surface area contributed by atoms with Gasteiger partial charge in [0.25, 0.3) is 0 Å². The fourth-order valence-corrected chi connectivity index (χ4v) is 1.71. The van der Waals surface area contributed by atoms with Crippen molar-refractivity contribution in [2.75, 3.05) is 12.4 Å². The number of fused-ring (bicyclic) bond motifs is 1. The van der Waals surface area contributed by atoms with Gasteiger partial charge in [0.15, 0.2) is 0 Å². The van der Waals surface area contributed by atoms with E-state index in [2.05, 4.69) is 18.3 Å². The monoisotopic (exact) mass is 163 g/mol. The topological polar surface area (TPSA) is 21.3 Å². The van der Waals surface area contributed by atoms with Crippen LogP contribution in [-0.4, -0.2) is 13.2 Å². The maximum absolute atomic E-state index is 5.24. The quantitative estimate of drug-likeness (QED) is 0.684. The molecule has 0 unspecified atom stereocenters. The van der Waals surface area contributed by atoms with Gasteiger partial charge in [-0.3, -0.25) is 0 Å². The van der Waals surface area contributed by atoms with Crippen molar-refractivity contribution >= 4 is 5.69 Å². The third-order valence-corrected chi connectivity index (χ3v) is 2.25. The zero-order chi connectivity index (χ0) is 8.55. The molecule has 0 amide bonds. The molecule has 1 aromatic carbocycles. The summed E-state index contributed by atoms with van der Waals surface area (Å²) in [6, 6.07) is 6.71. The zero-order valence-corrected chi connectivity index (χ0v) is 7.42. The fourth-order valence-electron chi connectivity index (χ4n) is 1.71. The van der Waals surface area contributed by atoms with Crippen LogP contribution in [0.1, 0.15) is 12.5 Å². The van der Waals surface area contributed by atoms with Gasteiger partial charge < -0.3 is 10.1 Å². The van der Waals surface area contributed by atoms with Gasteiger partial charge in [0.05, 0.1) is 12.8 Å². The van der Waals surface area contributed by atoms with Crippen LogP contribution in [0, 0.1) is 0 Å². The Bertz CT molecular complexity index is 296. The van der Waals surface area contributed by atoms with E-state index < -0.39 is 0 Å². The summed E-state index contributed by atoms with van der Waals surface area (Å²) < 4.78 is 5.24. The van der Waals surface area contributed by atoms with Crippen LogP contribution in [0.4, 0.5) is 5.69 Å². The van der Waals surface area contributed by atoms with Gasteiger partial charge in [-0.25, -0.2) is 0 Å². The third kappa shape index (κ3) is 1.04. The minimum Gasteiger partial charge on any atom is -0.495 e. The molecule has 0 saturated heterocycles. The molecule has 0 saturated carbocycles. The Morgan fingerprint density at radius 2 is 2.33 bits per heavy atom. The highest BCUT2D eigenvalue weighted by molar-refractivity contribution is 5.65. The molecule has 2 rings (SSSR count). The highest BCUT2D eigenvalue weighted by atomic mass is 16.5. The normalized spacial score (nSPS) is 20.0. The highest BCUT2D eigenvalue weighted by Crippen LogP contribution is 2.34. The van der Waals surface area contributed by atoms with Crippen LogP contribution in [0.2, 0.25) is 0 Å². The number of para-hydroxylation sites is 1. The third-order valence-electron chi connectivity index (χ3n) is 2.25. The number of benzene rings is 1. The molecule has 1 heterocycles. The first-order valence-corrected chi connectivity index (χ1v) is 4.23. The van der Waals surface area contributed by atoms with E-state index in [4.69, 9.17) is 4.74 Å². The number of nitrogens with one attached hydrogen (secondary N) is 1. The second kappa shape index (κ2) is 2.70. The molecule has 0 spiro atoms. The molecular formula is C10H13NO. The summed E-state index contributed by atoms with van der Waals surface area (Å²) in [4.78, 5) is 0. The van der Waals surface area contributed by atoms with Crippen molar-refractivity contribution in [3.63, 3.8) is 0 Å². The van der Waals surface area contributed by atoms with Crippen molar-refractivity contribution in [3.8, 4) is 5.75 Å². The summed E-state index contributed by atoms with van der Waals surface area (Å²) in [7, 11) is 1.71. The van der Waals surface area contributed by atoms with E-state index in [1.807, 2.05) is 12.1 Å². The Morgan fingerprint density at radius 3 is 3.08 bits per heavy atom. The predicted molar refractivity (Wildman–Crippen MR) is 49.8 cm³/mol. The van der Waals surface area contributed by atoms with Gasteiger partial charge in [-0.2, -0.15) is 0 Å². The lowest BCUT2D eigenvalue weighted by Gasteiger charge is -2.07. The van der Waals surface area contributed by atoms with Gasteiger partial charge in [0.1, 0.15) is 5.75 Å². The molecule has 0 fully saturated rings. The van der Waals surface area contributed by atoms with E-state index in [9.17, 15) is 0 Å². The van der Waals surface area contributed by atoms with Gasteiger partial charge in [-0.1, -0.05) is 12.1 Å². The minimum absolute atomic E-state index is 0.538. The molecule has 0 bridgehead atoms. The van der Waals surface area contributed by atoms with Crippen LogP contribution in [0.15, 0.2) is 18.2 Å². The maximum atomic E-state index is 5.24. The van der Waals surface area contributed by atoms with Gasteiger partial charge in [0, 0.05) is 6.04 Å². The molecule has 2 nitrogen and oxygen atoms in total. The van der Waals surface area contributed by atoms with Crippen molar-refractivity contribution in [2.45, 2.75) is 19.4 Å². The van der Waals surface area contributed by atoms with E-state index in [0.717, 1.165) is 12.2 Å². The average molecular weight is 163 g/mol. The van der Waals surface area contributed by atoms with E-state index in [1.165, 1.54) is 11.3 Å². The van der Waals surface area contributed by atoms with Crippen LogP contribution in [0.5, 0.6) is 5.75 Å². The Morgan fingerprint density at radius 1 is 1.50 bits per heavy atom. The molecule has 1 N–H and O–H groups in total. The summed E-state index contributed by atoms with van der Waals surface area (Å²) in [5.41, 5.74) is 2.54. The molecular weight excluding hydrogens is 150 g/mol. The number of hydrogen-bond donors (Lipinski definition) is 1. The van der Waals surface area contributed by atoms with Crippen molar-refractivity contribution in [2.24, 2.45) is 0 Å². The zero-order valence-electron chi connectivity index (χ0n) is 7.42. The Balaban J connectivity index is 2.44. The second-order valence-electron chi connectivity index (χ2n) is 3.24. The summed E-state index contributed by atoms with van der Waals surface area (Å²) in [6.45, 7) is 2.18. The van der Waals surface area contributed by atoms with E-state index in [-0.39, 0.29) is 0 Å². The number of methoxy groups -OCH3 is 1. The summed E-state index contributed by atoms with van der Waals surface area (Å²) in [5.74, 6) is 0.955. The first-order chi connectivity index (χ1) is 5.81. The molecule has 0 aliphatic carbocycles. The molecule has 1 atom stereocenters. The molecule has 1 aliphatic rings. The first-order valence-electron chi connectivity index (χ1n) is 4.23. The van der Waals surface area contributed by atoms with Crippen LogP contribution in [-0.2, 0) is 6.42 Å². The number of rotatable bonds is 1. The Kier molecular flexibility index (Phi) is 1.68. The molecule has 0 radical (unpaired) electrons. The van der Waals surface area contributed by atoms with Crippen LogP contribution < -0.4 is 10.1 Å². The molecule has 12 heavy (non-hydrogen) atoms. The van der Waals surface area contributed by atoms with Crippen LogP contribution >= 0.6 is 0 Å². The highest BCUT2D eigenvalue weighted by Gasteiger charge is 2.19. The maximum Gasteiger partial charge on any atom is 0.142 e. The lowest BCUT2D eigenvalue weighted by Crippen LogP contribution is -2.08. The largest absolute Gasteiger partial charge is 0.495 e. The van der Waals surface area contributed by atoms with Crippen LogP contribution in [0.25, 0.3) is 0 Å². The van der Waals surface area contributed by atoms with Crippen LogP contribution in [0.3, 0.4) is 0 Å². The van der Waals surface area contributed by atoms with E-state index in [0.29, 0.717) is 6.04 Å². The van der Waals surface area contributed by atoms with Crippen molar-refractivity contribution in [1.29, 1.82) is 0 Å². The van der Waals surface area contributed by atoms with E-state index in [1.54, 1.807) is 7.11 Å². The Labute approximate surface area is 72.5 Å². The molecule has 1 aromatic rings. The molecule has 0 aromatic heterocycles. The molecule has 1 aliphatic heterocycles. The standard InChI is InChI=1S/C10H13NO/c1-7-6-8-4-3-5-9(12-2)10(8)11-7/h3-5,7,11H,6H2,1-2H3/t7-/m1/s1. The number of ether oxygens (including phenoxy) is 1. The Hall–Kier alpha value is -1.18. The SMILES string of the molecule is COc1cccc2c1N[C@H](C)C2. The lowest BCUT2D eigenvalue weighted by atomic mass is 10.1. The fraction of sp³-hybridized carbons (Fsp3) is 0.400. The molecule has 2 heteroatoms. The molecule has 64 valence electrons.